The van der Waals surface area contributed by atoms with Gasteiger partial charge in [0.05, 0.1) is 34.6 Å². The van der Waals surface area contributed by atoms with Gasteiger partial charge in [-0.2, -0.15) is 10.2 Å². The van der Waals surface area contributed by atoms with E-state index in [-0.39, 0.29) is 22.6 Å². The minimum absolute atomic E-state index is 0.134. The molecule has 1 aromatic heterocycles. The molecule has 32 heavy (non-hydrogen) atoms. The molecule has 8 bridgehead atoms. The topological polar surface area (TPSA) is 84.0 Å². The summed E-state index contributed by atoms with van der Waals surface area (Å²) in [6, 6.07) is 0. The van der Waals surface area contributed by atoms with Crippen LogP contribution in [0.3, 0.4) is 0 Å². The molecule has 170 valence electrons. The molecule has 0 aromatic carbocycles. The number of rotatable bonds is 4. The van der Waals surface area contributed by atoms with Crippen molar-refractivity contribution in [2.45, 2.75) is 77.0 Å². The largest absolute Gasteiger partial charge is 0.322 e. The first-order valence-corrected chi connectivity index (χ1v) is 12.9. The van der Waals surface area contributed by atoms with Crippen molar-refractivity contribution in [2.24, 2.45) is 46.3 Å². The van der Waals surface area contributed by atoms with E-state index in [1.165, 1.54) is 38.5 Å². The van der Waals surface area contributed by atoms with Gasteiger partial charge in [-0.25, -0.2) is 0 Å². The van der Waals surface area contributed by atoms with Crippen LogP contribution < -0.4 is 10.6 Å². The average Bonchev–Trinajstić information content (AvgIpc) is 2.73. The van der Waals surface area contributed by atoms with Crippen molar-refractivity contribution >= 4 is 23.2 Å². The van der Waals surface area contributed by atoms with Gasteiger partial charge < -0.3 is 10.6 Å². The molecule has 0 saturated heterocycles. The van der Waals surface area contributed by atoms with E-state index in [1.807, 2.05) is 0 Å². The van der Waals surface area contributed by atoms with Gasteiger partial charge in [-0.05, 0) is 113 Å². The fourth-order valence-electron chi connectivity index (χ4n) is 9.81. The average molecular weight is 435 g/mol. The number of hydrogen-bond acceptors (Lipinski definition) is 4. The highest BCUT2D eigenvalue weighted by molar-refractivity contribution is 6.02. The molecule has 8 fully saturated rings. The lowest BCUT2D eigenvalue weighted by atomic mass is 9.49. The van der Waals surface area contributed by atoms with Crippen molar-refractivity contribution in [1.29, 1.82) is 0 Å². The highest BCUT2D eigenvalue weighted by Crippen LogP contribution is 2.61. The number of anilines is 2. The summed E-state index contributed by atoms with van der Waals surface area (Å²) in [5, 5.41) is 14.4. The van der Waals surface area contributed by atoms with Crippen LogP contribution in [0.5, 0.6) is 0 Å². The molecule has 9 rings (SSSR count). The maximum Gasteiger partial charge on any atom is 0.230 e. The van der Waals surface area contributed by atoms with Gasteiger partial charge in [0.2, 0.25) is 11.8 Å². The number of hydrogen-bond donors (Lipinski definition) is 2. The molecule has 1 aromatic rings. The van der Waals surface area contributed by atoms with Crippen LogP contribution in [0, 0.1) is 46.3 Å². The normalized spacial score (nSPS) is 45.1. The Kier molecular flexibility index (Phi) is 4.12. The van der Waals surface area contributed by atoms with Crippen molar-refractivity contribution < 1.29 is 9.59 Å². The van der Waals surface area contributed by atoms with Gasteiger partial charge in [0.15, 0.2) is 0 Å². The van der Waals surface area contributed by atoms with Crippen molar-refractivity contribution in [3.8, 4) is 0 Å². The van der Waals surface area contributed by atoms with E-state index in [9.17, 15) is 9.59 Å². The van der Waals surface area contributed by atoms with Crippen LogP contribution in [0.4, 0.5) is 11.4 Å². The van der Waals surface area contributed by atoms with E-state index >= 15 is 0 Å². The smallest absolute Gasteiger partial charge is 0.230 e. The Bertz CT molecular complexity index is 825. The third kappa shape index (κ3) is 2.97. The fourth-order valence-corrected chi connectivity index (χ4v) is 9.81. The molecule has 8 aliphatic rings. The molecule has 2 amide bonds. The molecule has 6 heteroatoms. The second-order valence-electron chi connectivity index (χ2n) is 12.6. The first kappa shape index (κ1) is 19.5. The van der Waals surface area contributed by atoms with Crippen molar-refractivity contribution in [1.82, 2.24) is 10.2 Å². The second kappa shape index (κ2) is 6.77. The lowest BCUT2D eigenvalue weighted by molar-refractivity contribution is -0.141. The third-order valence-corrected chi connectivity index (χ3v) is 10.3. The zero-order chi connectivity index (χ0) is 21.5. The maximum atomic E-state index is 13.6. The van der Waals surface area contributed by atoms with Gasteiger partial charge >= 0.3 is 0 Å². The van der Waals surface area contributed by atoms with Gasteiger partial charge in [-0.1, -0.05) is 0 Å². The number of nitrogens with one attached hydrogen (secondary N) is 2. The quantitative estimate of drug-likeness (QED) is 0.714. The molecule has 8 saturated carbocycles. The maximum absolute atomic E-state index is 13.6. The molecule has 0 spiro atoms. The highest BCUT2D eigenvalue weighted by atomic mass is 16.2. The van der Waals surface area contributed by atoms with Crippen molar-refractivity contribution in [3.63, 3.8) is 0 Å². The zero-order valence-corrected chi connectivity index (χ0v) is 18.8. The molecule has 8 aliphatic carbocycles. The van der Waals surface area contributed by atoms with Gasteiger partial charge in [-0.15, -0.1) is 0 Å². The Balaban J connectivity index is 1.11. The van der Waals surface area contributed by atoms with Gasteiger partial charge in [0, 0.05) is 0 Å². The van der Waals surface area contributed by atoms with Gasteiger partial charge in [0.25, 0.3) is 0 Å². The Morgan fingerprint density at radius 1 is 0.594 bits per heavy atom. The summed E-state index contributed by atoms with van der Waals surface area (Å²) in [6.07, 6.45) is 17.3. The summed E-state index contributed by atoms with van der Waals surface area (Å²) in [5.74, 6) is 4.59. The van der Waals surface area contributed by atoms with Crippen LogP contribution in [0.1, 0.15) is 77.0 Å². The molecule has 1 heterocycles. The minimum Gasteiger partial charge on any atom is -0.322 e. The monoisotopic (exact) mass is 434 g/mol. The van der Waals surface area contributed by atoms with Crippen LogP contribution in [-0.2, 0) is 9.59 Å². The molecule has 6 nitrogen and oxygen atoms in total. The number of carbonyl (C=O) groups is 2. The summed E-state index contributed by atoms with van der Waals surface area (Å²) < 4.78 is 0. The Hall–Kier alpha value is -1.98. The summed E-state index contributed by atoms with van der Waals surface area (Å²) >= 11 is 0. The molecule has 2 N–H and O–H groups in total. The SMILES string of the molecule is O=C(Nc1cnncc1NC(=O)C12CC3CC(CC(C3)C1)C2)C12CC3CC(CC(C3)C1)C2. The van der Waals surface area contributed by atoms with Crippen LogP contribution in [0.25, 0.3) is 0 Å². The lowest BCUT2D eigenvalue weighted by Gasteiger charge is -2.55. The summed E-state index contributed by atoms with van der Waals surface area (Å²) in [6.45, 7) is 0. The minimum atomic E-state index is -0.223. The summed E-state index contributed by atoms with van der Waals surface area (Å²) in [4.78, 5) is 27.1. The van der Waals surface area contributed by atoms with E-state index in [1.54, 1.807) is 12.4 Å². The molecule has 0 radical (unpaired) electrons. The highest BCUT2D eigenvalue weighted by Gasteiger charge is 2.56. The molecule has 0 atom stereocenters. The second-order valence-corrected chi connectivity index (χ2v) is 12.6. The predicted molar refractivity (Wildman–Crippen MR) is 121 cm³/mol. The Labute approximate surface area is 189 Å². The Morgan fingerprint density at radius 3 is 1.16 bits per heavy atom. The summed E-state index contributed by atoms with van der Waals surface area (Å²) in [7, 11) is 0. The van der Waals surface area contributed by atoms with Crippen LogP contribution in [0.2, 0.25) is 0 Å². The van der Waals surface area contributed by atoms with E-state index in [4.69, 9.17) is 0 Å². The first-order chi connectivity index (χ1) is 15.5. The van der Waals surface area contributed by atoms with Crippen molar-refractivity contribution in [2.75, 3.05) is 10.6 Å². The van der Waals surface area contributed by atoms with Gasteiger partial charge in [0.1, 0.15) is 0 Å². The number of carbonyl (C=O) groups excluding carboxylic acids is 2. The zero-order valence-electron chi connectivity index (χ0n) is 18.8. The summed E-state index contributed by atoms with van der Waals surface area (Å²) in [5.41, 5.74) is 0.774. The van der Waals surface area contributed by atoms with E-state index in [0.717, 1.165) is 74.0 Å². The molecule has 0 aliphatic heterocycles. The Morgan fingerprint density at radius 2 is 0.875 bits per heavy atom. The van der Waals surface area contributed by atoms with E-state index in [0.29, 0.717) is 11.4 Å². The first-order valence-electron chi connectivity index (χ1n) is 12.9. The van der Waals surface area contributed by atoms with Crippen LogP contribution in [-0.4, -0.2) is 22.0 Å². The predicted octanol–water partition coefficient (Wildman–Crippen LogP) is 4.79. The number of nitrogens with zero attached hydrogens (tertiary/aromatic N) is 2. The van der Waals surface area contributed by atoms with E-state index in [2.05, 4.69) is 20.8 Å². The van der Waals surface area contributed by atoms with Crippen molar-refractivity contribution in [3.05, 3.63) is 12.4 Å². The molecular weight excluding hydrogens is 400 g/mol. The van der Waals surface area contributed by atoms with Gasteiger partial charge in [-0.3, -0.25) is 9.59 Å². The molecular formula is C26H34N4O2. The number of aromatic nitrogens is 2. The standard InChI is InChI=1S/C26H34N4O2/c31-23(25-7-15-1-16(8-25)3-17(2-15)9-25)29-21-13-27-28-14-22(21)30-24(32)26-10-18-4-19(11-26)6-20(5-18)12-26/h13-20H,1-12H2,(H,28,29,31)(H,27,30,32). The molecule has 0 unspecified atom stereocenters. The third-order valence-electron chi connectivity index (χ3n) is 10.3. The van der Waals surface area contributed by atoms with Crippen LogP contribution >= 0.6 is 0 Å². The lowest BCUT2D eigenvalue weighted by Crippen LogP contribution is -2.52. The van der Waals surface area contributed by atoms with Crippen LogP contribution in [0.15, 0.2) is 12.4 Å². The fraction of sp³-hybridized carbons (Fsp3) is 0.769. The number of amides is 2. The van der Waals surface area contributed by atoms with E-state index < -0.39 is 0 Å².